The molecule has 1 aromatic rings. The number of hydrogen-bond acceptors (Lipinski definition) is 2. The van der Waals surface area contributed by atoms with Gasteiger partial charge in [-0.1, -0.05) is 0 Å². The molecule has 98 valence electrons. The standard InChI is InChI=1S/C12H17N3O3/c1-12(2,6-10(16)17)15-7-9(14-11(15)18)8-4-3-5-13-8/h3-5,9,13H,6-7H2,1-2H3,(H,14,18)(H,16,17). The second kappa shape index (κ2) is 4.36. The largest absolute Gasteiger partial charge is 0.481 e. The van der Waals surface area contributed by atoms with Crippen molar-refractivity contribution in [2.45, 2.75) is 31.8 Å². The van der Waals surface area contributed by atoms with Crippen molar-refractivity contribution in [3.8, 4) is 0 Å². The molecular weight excluding hydrogens is 234 g/mol. The van der Waals surface area contributed by atoms with Crippen LogP contribution < -0.4 is 5.32 Å². The van der Waals surface area contributed by atoms with Gasteiger partial charge in [-0.15, -0.1) is 0 Å². The summed E-state index contributed by atoms with van der Waals surface area (Å²) in [6, 6.07) is 3.44. The molecule has 0 saturated carbocycles. The fourth-order valence-corrected chi connectivity index (χ4v) is 2.26. The van der Waals surface area contributed by atoms with Gasteiger partial charge in [0.15, 0.2) is 0 Å². The smallest absolute Gasteiger partial charge is 0.318 e. The van der Waals surface area contributed by atoms with Crippen LogP contribution in [-0.2, 0) is 4.79 Å². The van der Waals surface area contributed by atoms with Gasteiger partial charge >= 0.3 is 12.0 Å². The fraction of sp³-hybridized carbons (Fsp3) is 0.500. The van der Waals surface area contributed by atoms with Gasteiger partial charge < -0.3 is 20.3 Å². The Bertz CT molecular complexity index is 453. The van der Waals surface area contributed by atoms with E-state index in [1.807, 2.05) is 12.1 Å². The van der Waals surface area contributed by atoms with E-state index in [1.54, 1.807) is 24.9 Å². The highest BCUT2D eigenvalue weighted by Gasteiger charge is 2.40. The average molecular weight is 251 g/mol. The molecule has 1 aliphatic rings. The zero-order chi connectivity index (χ0) is 13.3. The molecule has 0 aliphatic carbocycles. The van der Waals surface area contributed by atoms with E-state index in [2.05, 4.69) is 10.3 Å². The Balaban J connectivity index is 2.12. The number of rotatable bonds is 4. The zero-order valence-corrected chi connectivity index (χ0v) is 10.4. The third kappa shape index (κ3) is 2.32. The molecule has 1 unspecified atom stereocenters. The molecule has 1 fully saturated rings. The second-order valence-corrected chi connectivity index (χ2v) is 5.12. The lowest BCUT2D eigenvalue weighted by Crippen LogP contribution is -2.47. The van der Waals surface area contributed by atoms with Gasteiger partial charge in [0.05, 0.1) is 12.5 Å². The van der Waals surface area contributed by atoms with Gasteiger partial charge in [-0.25, -0.2) is 4.79 Å². The third-order valence-electron chi connectivity index (χ3n) is 3.22. The number of carboxylic acids is 1. The van der Waals surface area contributed by atoms with Gasteiger partial charge in [-0.3, -0.25) is 4.79 Å². The van der Waals surface area contributed by atoms with Crippen molar-refractivity contribution >= 4 is 12.0 Å². The fourth-order valence-electron chi connectivity index (χ4n) is 2.26. The Kier molecular flexibility index (Phi) is 3.02. The number of urea groups is 1. The molecule has 6 nitrogen and oxygen atoms in total. The van der Waals surface area contributed by atoms with Crippen molar-refractivity contribution in [1.82, 2.24) is 15.2 Å². The maximum absolute atomic E-state index is 11.9. The molecule has 6 heteroatoms. The summed E-state index contributed by atoms with van der Waals surface area (Å²) >= 11 is 0. The molecular formula is C12H17N3O3. The van der Waals surface area contributed by atoms with Crippen LogP contribution >= 0.6 is 0 Å². The number of nitrogens with zero attached hydrogens (tertiary/aromatic N) is 1. The molecule has 3 N–H and O–H groups in total. The number of H-pyrrole nitrogens is 1. The number of aliphatic carboxylic acids is 1. The average Bonchev–Trinajstić information content (AvgIpc) is 2.82. The van der Waals surface area contributed by atoms with Crippen LogP contribution in [0.2, 0.25) is 0 Å². The van der Waals surface area contributed by atoms with Gasteiger partial charge in [0.1, 0.15) is 0 Å². The Morgan fingerprint density at radius 1 is 1.61 bits per heavy atom. The molecule has 2 heterocycles. The van der Waals surface area contributed by atoms with Crippen molar-refractivity contribution in [3.05, 3.63) is 24.0 Å². The first-order valence-corrected chi connectivity index (χ1v) is 5.83. The Morgan fingerprint density at radius 2 is 2.33 bits per heavy atom. The maximum atomic E-state index is 11.9. The normalized spacial score (nSPS) is 20.0. The summed E-state index contributed by atoms with van der Waals surface area (Å²) in [5.41, 5.74) is 0.231. The van der Waals surface area contributed by atoms with Crippen LogP contribution in [0, 0.1) is 0 Å². The van der Waals surface area contributed by atoms with Gasteiger partial charge in [-0.2, -0.15) is 0 Å². The topological polar surface area (TPSA) is 85.4 Å². The minimum atomic E-state index is -0.906. The Labute approximate surface area is 105 Å². The molecule has 0 aromatic carbocycles. The third-order valence-corrected chi connectivity index (χ3v) is 3.22. The minimum absolute atomic E-state index is 0.0716. The monoisotopic (exact) mass is 251 g/mol. The number of carboxylic acid groups (broad SMARTS) is 1. The van der Waals surface area contributed by atoms with Crippen LogP contribution in [0.15, 0.2) is 18.3 Å². The van der Waals surface area contributed by atoms with Crippen LogP contribution in [0.5, 0.6) is 0 Å². The number of hydrogen-bond donors (Lipinski definition) is 3. The lowest BCUT2D eigenvalue weighted by atomic mass is 9.98. The molecule has 2 amide bonds. The number of carbonyl (C=O) groups is 2. The van der Waals surface area contributed by atoms with E-state index in [1.165, 1.54) is 0 Å². The van der Waals surface area contributed by atoms with Gasteiger partial charge in [0.2, 0.25) is 0 Å². The lowest BCUT2D eigenvalue weighted by molar-refractivity contribution is -0.139. The van der Waals surface area contributed by atoms with Crippen LogP contribution in [-0.4, -0.2) is 39.1 Å². The molecule has 1 aliphatic heterocycles. The van der Waals surface area contributed by atoms with E-state index < -0.39 is 11.5 Å². The quantitative estimate of drug-likeness (QED) is 0.754. The van der Waals surface area contributed by atoms with E-state index in [-0.39, 0.29) is 18.5 Å². The molecule has 0 spiro atoms. The number of carbonyl (C=O) groups excluding carboxylic acids is 1. The van der Waals surface area contributed by atoms with Gasteiger partial charge in [0.25, 0.3) is 0 Å². The van der Waals surface area contributed by atoms with E-state index >= 15 is 0 Å². The molecule has 18 heavy (non-hydrogen) atoms. The van der Waals surface area contributed by atoms with Crippen LogP contribution in [0.25, 0.3) is 0 Å². The van der Waals surface area contributed by atoms with Crippen molar-refractivity contribution in [2.24, 2.45) is 0 Å². The highest BCUT2D eigenvalue weighted by molar-refractivity contribution is 5.79. The van der Waals surface area contributed by atoms with Crippen molar-refractivity contribution < 1.29 is 14.7 Å². The minimum Gasteiger partial charge on any atom is -0.481 e. The van der Waals surface area contributed by atoms with Crippen molar-refractivity contribution in [1.29, 1.82) is 0 Å². The second-order valence-electron chi connectivity index (χ2n) is 5.12. The first-order chi connectivity index (χ1) is 8.40. The molecule has 1 aromatic heterocycles. The SMILES string of the molecule is CC(C)(CC(=O)O)N1CC(c2ccc[nH]2)NC1=O. The van der Waals surface area contributed by atoms with E-state index in [0.717, 1.165) is 5.69 Å². The van der Waals surface area contributed by atoms with Gasteiger partial charge in [0, 0.05) is 24.0 Å². The maximum Gasteiger partial charge on any atom is 0.318 e. The molecule has 2 rings (SSSR count). The summed E-state index contributed by atoms with van der Waals surface area (Å²) in [6.07, 6.45) is 1.73. The number of amides is 2. The van der Waals surface area contributed by atoms with Crippen LogP contribution in [0.3, 0.4) is 0 Å². The van der Waals surface area contributed by atoms with Crippen LogP contribution in [0.1, 0.15) is 32.0 Å². The molecule has 1 saturated heterocycles. The Morgan fingerprint density at radius 3 is 2.89 bits per heavy atom. The number of aromatic amines is 1. The number of nitrogens with one attached hydrogen (secondary N) is 2. The summed E-state index contributed by atoms with van der Waals surface area (Å²) < 4.78 is 0. The highest BCUT2D eigenvalue weighted by Crippen LogP contribution is 2.27. The Hall–Kier alpha value is -1.98. The first-order valence-electron chi connectivity index (χ1n) is 5.83. The molecule has 0 radical (unpaired) electrons. The predicted octanol–water partition coefficient (Wildman–Crippen LogP) is 1.33. The van der Waals surface area contributed by atoms with E-state index in [4.69, 9.17) is 5.11 Å². The molecule has 1 atom stereocenters. The summed E-state index contributed by atoms with van der Waals surface area (Å²) in [5, 5.41) is 11.7. The van der Waals surface area contributed by atoms with Crippen molar-refractivity contribution in [2.75, 3.05) is 6.54 Å². The van der Waals surface area contributed by atoms with E-state index in [0.29, 0.717) is 6.54 Å². The zero-order valence-electron chi connectivity index (χ0n) is 10.4. The summed E-state index contributed by atoms with van der Waals surface area (Å²) in [4.78, 5) is 27.4. The molecule has 0 bridgehead atoms. The lowest BCUT2D eigenvalue weighted by Gasteiger charge is -2.33. The van der Waals surface area contributed by atoms with Gasteiger partial charge in [-0.05, 0) is 26.0 Å². The summed E-state index contributed by atoms with van der Waals surface area (Å²) in [6.45, 7) is 4.00. The summed E-state index contributed by atoms with van der Waals surface area (Å²) in [5.74, 6) is -0.906. The first kappa shape index (κ1) is 12.5. The highest BCUT2D eigenvalue weighted by atomic mass is 16.4. The summed E-state index contributed by atoms with van der Waals surface area (Å²) in [7, 11) is 0. The van der Waals surface area contributed by atoms with Crippen molar-refractivity contribution in [3.63, 3.8) is 0 Å². The predicted molar refractivity (Wildman–Crippen MR) is 65.1 cm³/mol. The number of aromatic nitrogens is 1. The van der Waals surface area contributed by atoms with E-state index in [9.17, 15) is 9.59 Å². The van der Waals surface area contributed by atoms with Crippen LogP contribution in [0.4, 0.5) is 4.79 Å².